The molecular formula is C23H27N3O4. The summed E-state index contributed by atoms with van der Waals surface area (Å²) >= 11 is 0. The maximum absolute atomic E-state index is 13.1. The summed E-state index contributed by atoms with van der Waals surface area (Å²) in [5, 5.41) is 15.8. The molecule has 158 valence electrons. The van der Waals surface area contributed by atoms with Gasteiger partial charge in [-0.1, -0.05) is 12.1 Å². The maximum atomic E-state index is 13.1. The number of nitrogens with zero attached hydrogens (tertiary/aromatic N) is 1. The van der Waals surface area contributed by atoms with E-state index in [9.17, 15) is 14.7 Å². The van der Waals surface area contributed by atoms with Crippen LogP contribution in [0, 0.1) is 6.92 Å². The molecule has 2 aliphatic rings. The van der Waals surface area contributed by atoms with Crippen molar-refractivity contribution >= 4 is 17.6 Å². The normalized spacial score (nSPS) is 15.4. The largest absolute Gasteiger partial charge is 0.504 e. The number of aryl methyl sites for hydroxylation is 1. The molecule has 3 N–H and O–H groups in total. The van der Waals surface area contributed by atoms with Gasteiger partial charge in [-0.3, -0.25) is 4.79 Å². The van der Waals surface area contributed by atoms with Gasteiger partial charge in [0.2, 0.25) is 0 Å². The number of aromatic hydroxyl groups is 1. The summed E-state index contributed by atoms with van der Waals surface area (Å²) in [6.45, 7) is 2.32. The summed E-state index contributed by atoms with van der Waals surface area (Å²) in [6, 6.07) is 10.7. The van der Waals surface area contributed by atoms with Gasteiger partial charge < -0.3 is 25.4 Å². The molecule has 0 heterocycles. The predicted octanol–water partition coefficient (Wildman–Crippen LogP) is 3.80. The van der Waals surface area contributed by atoms with Crippen molar-refractivity contribution in [2.24, 2.45) is 0 Å². The molecule has 2 fully saturated rings. The quantitative estimate of drug-likeness (QED) is 0.649. The number of methoxy groups -OCH3 is 1. The van der Waals surface area contributed by atoms with E-state index in [1.54, 1.807) is 35.2 Å². The van der Waals surface area contributed by atoms with Crippen LogP contribution in [-0.2, 0) is 6.54 Å². The van der Waals surface area contributed by atoms with Crippen LogP contribution in [0.25, 0.3) is 0 Å². The van der Waals surface area contributed by atoms with Crippen LogP contribution in [0.1, 0.15) is 47.2 Å². The lowest BCUT2D eigenvalue weighted by Crippen LogP contribution is -2.36. The zero-order valence-corrected chi connectivity index (χ0v) is 17.3. The van der Waals surface area contributed by atoms with E-state index in [2.05, 4.69) is 10.6 Å². The van der Waals surface area contributed by atoms with Crippen LogP contribution < -0.4 is 15.4 Å². The van der Waals surface area contributed by atoms with Gasteiger partial charge in [0.15, 0.2) is 11.5 Å². The van der Waals surface area contributed by atoms with Crippen molar-refractivity contribution in [2.45, 2.75) is 51.2 Å². The summed E-state index contributed by atoms with van der Waals surface area (Å²) in [5.41, 5.74) is 2.95. The van der Waals surface area contributed by atoms with Crippen molar-refractivity contribution in [2.75, 3.05) is 12.4 Å². The molecule has 0 aliphatic heterocycles. The third kappa shape index (κ3) is 4.67. The minimum absolute atomic E-state index is 0.0700. The first-order valence-electron chi connectivity index (χ1n) is 10.3. The molecule has 0 spiro atoms. The molecule has 4 rings (SSSR count). The minimum atomic E-state index is -0.201. The number of nitrogens with one attached hydrogen (secondary N) is 2. The number of carbonyl (C=O) groups excluding carboxylic acids is 2. The SMILES string of the molecule is COc1cc(CN(C(=O)Nc2cc(C(=O)NC3CC3)ccc2C)C2CC2)ccc1O. The van der Waals surface area contributed by atoms with E-state index < -0.39 is 0 Å². The van der Waals surface area contributed by atoms with Gasteiger partial charge in [-0.05, 0) is 68.0 Å². The third-order valence-electron chi connectivity index (χ3n) is 5.50. The number of benzene rings is 2. The number of phenolic OH excluding ortho intramolecular Hbond substituents is 1. The zero-order valence-electron chi connectivity index (χ0n) is 17.3. The van der Waals surface area contributed by atoms with E-state index in [4.69, 9.17) is 4.74 Å². The van der Waals surface area contributed by atoms with Crippen molar-refractivity contribution < 1.29 is 19.4 Å². The number of carbonyl (C=O) groups is 2. The fraction of sp³-hybridized carbons (Fsp3) is 0.391. The van der Waals surface area contributed by atoms with E-state index in [1.807, 2.05) is 13.0 Å². The summed E-state index contributed by atoms with van der Waals surface area (Å²) in [4.78, 5) is 27.2. The Morgan fingerprint density at radius 3 is 2.57 bits per heavy atom. The van der Waals surface area contributed by atoms with E-state index in [1.165, 1.54) is 7.11 Å². The Hall–Kier alpha value is -3.22. The number of rotatable bonds is 7. The highest BCUT2D eigenvalue weighted by Crippen LogP contribution is 2.32. The molecule has 30 heavy (non-hydrogen) atoms. The second-order valence-electron chi connectivity index (χ2n) is 8.07. The van der Waals surface area contributed by atoms with Crippen LogP contribution in [0.3, 0.4) is 0 Å². The number of hydrogen-bond acceptors (Lipinski definition) is 4. The molecule has 7 heteroatoms. The highest BCUT2D eigenvalue weighted by atomic mass is 16.5. The van der Waals surface area contributed by atoms with Crippen LogP contribution in [-0.4, -0.2) is 41.1 Å². The van der Waals surface area contributed by atoms with E-state index in [0.717, 1.165) is 36.8 Å². The molecule has 2 aromatic carbocycles. The number of hydrogen-bond donors (Lipinski definition) is 3. The Balaban J connectivity index is 1.48. The predicted molar refractivity (Wildman–Crippen MR) is 114 cm³/mol. The summed E-state index contributed by atoms with van der Waals surface area (Å²) in [7, 11) is 1.50. The fourth-order valence-electron chi connectivity index (χ4n) is 3.35. The monoisotopic (exact) mass is 409 g/mol. The van der Waals surface area contributed by atoms with Gasteiger partial charge in [0.05, 0.1) is 7.11 Å². The van der Waals surface area contributed by atoms with Crippen LogP contribution in [0.15, 0.2) is 36.4 Å². The van der Waals surface area contributed by atoms with Crippen molar-refractivity contribution in [3.05, 3.63) is 53.1 Å². The molecule has 0 aromatic heterocycles. The summed E-state index contributed by atoms with van der Waals surface area (Å²) in [6.07, 6.45) is 3.98. The number of anilines is 1. The van der Waals surface area contributed by atoms with Crippen molar-refractivity contribution in [1.82, 2.24) is 10.2 Å². The number of ether oxygens (including phenoxy) is 1. The minimum Gasteiger partial charge on any atom is -0.504 e. The Morgan fingerprint density at radius 1 is 1.13 bits per heavy atom. The van der Waals surface area contributed by atoms with E-state index >= 15 is 0 Å². The Labute approximate surface area is 176 Å². The van der Waals surface area contributed by atoms with Gasteiger partial charge >= 0.3 is 6.03 Å². The van der Waals surface area contributed by atoms with E-state index in [0.29, 0.717) is 23.5 Å². The Kier molecular flexibility index (Phi) is 5.53. The molecule has 0 atom stereocenters. The average molecular weight is 409 g/mol. The number of urea groups is 1. The Morgan fingerprint density at radius 2 is 1.90 bits per heavy atom. The first-order valence-corrected chi connectivity index (χ1v) is 10.3. The highest BCUT2D eigenvalue weighted by molar-refractivity contribution is 5.97. The zero-order chi connectivity index (χ0) is 21.3. The van der Waals surface area contributed by atoms with Crippen LogP contribution >= 0.6 is 0 Å². The van der Waals surface area contributed by atoms with Gasteiger partial charge in [0, 0.05) is 29.9 Å². The topological polar surface area (TPSA) is 90.9 Å². The standard InChI is InChI=1S/C23H27N3O4/c1-14-3-5-16(22(28)24-17-6-7-17)12-19(14)25-23(29)26(18-8-9-18)13-15-4-10-20(27)21(11-15)30-2/h3-5,10-12,17-18,27H,6-9,13H2,1-2H3,(H,24,28)(H,25,29). The second-order valence-corrected chi connectivity index (χ2v) is 8.07. The van der Waals surface area contributed by atoms with Crippen molar-refractivity contribution in [3.63, 3.8) is 0 Å². The van der Waals surface area contributed by atoms with Gasteiger partial charge in [-0.25, -0.2) is 4.79 Å². The van der Waals surface area contributed by atoms with Gasteiger partial charge in [0.1, 0.15) is 0 Å². The van der Waals surface area contributed by atoms with Crippen molar-refractivity contribution in [1.29, 1.82) is 0 Å². The summed E-state index contributed by atoms with van der Waals surface area (Å²) in [5.74, 6) is 0.345. The molecule has 0 saturated heterocycles. The maximum Gasteiger partial charge on any atom is 0.322 e. The van der Waals surface area contributed by atoms with Crippen molar-refractivity contribution in [3.8, 4) is 11.5 Å². The van der Waals surface area contributed by atoms with Gasteiger partial charge in [-0.2, -0.15) is 0 Å². The molecule has 0 unspecified atom stereocenters. The highest BCUT2D eigenvalue weighted by Gasteiger charge is 2.33. The molecule has 0 radical (unpaired) electrons. The lowest BCUT2D eigenvalue weighted by molar-refractivity contribution is 0.0951. The van der Waals surface area contributed by atoms with Crippen LogP contribution in [0.5, 0.6) is 11.5 Å². The van der Waals surface area contributed by atoms with Gasteiger partial charge in [-0.15, -0.1) is 0 Å². The molecule has 3 amide bonds. The van der Waals surface area contributed by atoms with Crippen LogP contribution in [0.2, 0.25) is 0 Å². The average Bonchev–Trinajstić information content (AvgIpc) is 3.63. The lowest BCUT2D eigenvalue weighted by atomic mass is 10.1. The third-order valence-corrected chi connectivity index (χ3v) is 5.50. The molecule has 2 aromatic rings. The molecule has 0 bridgehead atoms. The second kappa shape index (κ2) is 8.26. The van der Waals surface area contributed by atoms with Gasteiger partial charge in [0.25, 0.3) is 5.91 Å². The van der Waals surface area contributed by atoms with Crippen LogP contribution in [0.4, 0.5) is 10.5 Å². The smallest absolute Gasteiger partial charge is 0.322 e. The number of phenols is 1. The molecule has 2 saturated carbocycles. The molecule has 2 aliphatic carbocycles. The summed E-state index contributed by atoms with van der Waals surface area (Å²) < 4.78 is 5.18. The lowest BCUT2D eigenvalue weighted by Gasteiger charge is -2.24. The Bertz CT molecular complexity index is 967. The first-order chi connectivity index (χ1) is 14.4. The fourth-order valence-corrected chi connectivity index (χ4v) is 3.35. The first kappa shape index (κ1) is 20.1. The number of amides is 3. The van der Waals surface area contributed by atoms with E-state index in [-0.39, 0.29) is 29.8 Å². The molecule has 7 nitrogen and oxygen atoms in total. The molecular weight excluding hydrogens is 382 g/mol.